The Kier molecular flexibility index (Phi) is 5.84. The minimum Gasteiger partial charge on any atom is -0.394 e. The molecule has 2 atom stereocenters. The highest BCUT2D eigenvalue weighted by molar-refractivity contribution is 5.03. The molecule has 1 aliphatic heterocycles. The summed E-state index contributed by atoms with van der Waals surface area (Å²) in [6, 6.07) is 0.635. The van der Waals surface area contributed by atoms with Gasteiger partial charge in [0.05, 0.1) is 12.1 Å². The molecule has 1 heterocycles. The van der Waals surface area contributed by atoms with Crippen LogP contribution in [0.4, 0.5) is 0 Å². The Hall–Kier alpha value is -0.160. The van der Waals surface area contributed by atoms with Crippen molar-refractivity contribution in [1.29, 1.82) is 0 Å². The van der Waals surface area contributed by atoms with E-state index in [4.69, 9.17) is 0 Å². The van der Waals surface area contributed by atoms with Crippen molar-refractivity contribution in [3.05, 3.63) is 0 Å². The quantitative estimate of drug-likeness (QED) is 0.701. The van der Waals surface area contributed by atoms with E-state index in [1.165, 1.54) is 12.8 Å². The Balaban J connectivity index is 1.94. The van der Waals surface area contributed by atoms with Gasteiger partial charge in [-0.25, -0.2) is 0 Å². The van der Waals surface area contributed by atoms with Crippen molar-refractivity contribution in [1.82, 2.24) is 15.1 Å². The summed E-state index contributed by atoms with van der Waals surface area (Å²) in [7, 11) is 0. The lowest BCUT2D eigenvalue weighted by Crippen LogP contribution is -2.62. The van der Waals surface area contributed by atoms with Crippen LogP contribution in [-0.2, 0) is 0 Å². The number of piperazine rings is 1. The van der Waals surface area contributed by atoms with Crippen molar-refractivity contribution in [3.63, 3.8) is 0 Å². The summed E-state index contributed by atoms with van der Waals surface area (Å²) in [5.41, 5.74) is -0.0515. The molecule has 0 aromatic carbocycles. The molecular weight excluding hydrogens is 250 g/mol. The van der Waals surface area contributed by atoms with E-state index in [1.54, 1.807) is 0 Å². The highest BCUT2D eigenvalue weighted by Crippen LogP contribution is 2.40. The zero-order valence-corrected chi connectivity index (χ0v) is 13.6. The normalized spacial score (nSPS) is 28.5. The molecular formula is C16H33N3O. The van der Waals surface area contributed by atoms with Gasteiger partial charge in [0.25, 0.3) is 0 Å². The topological polar surface area (TPSA) is 38.7 Å². The molecule has 1 aliphatic carbocycles. The fraction of sp³-hybridized carbons (Fsp3) is 1.00. The number of nitrogens with one attached hydrogen (secondary N) is 1. The van der Waals surface area contributed by atoms with Crippen molar-refractivity contribution in [3.8, 4) is 0 Å². The van der Waals surface area contributed by atoms with Crippen LogP contribution in [-0.4, -0.2) is 72.4 Å². The van der Waals surface area contributed by atoms with Crippen molar-refractivity contribution < 1.29 is 5.11 Å². The number of aliphatic hydroxyl groups excluding tert-OH is 1. The summed E-state index contributed by atoms with van der Waals surface area (Å²) >= 11 is 0. The smallest absolute Gasteiger partial charge is 0.0628 e. The zero-order valence-electron chi connectivity index (χ0n) is 13.6. The van der Waals surface area contributed by atoms with Gasteiger partial charge in [-0.05, 0) is 45.2 Å². The largest absolute Gasteiger partial charge is 0.394 e. The van der Waals surface area contributed by atoms with Crippen LogP contribution in [0, 0.1) is 5.92 Å². The van der Waals surface area contributed by atoms with Gasteiger partial charge in [-0.3, -0.25) is 9.80 Å². The Labute approximate surface area is 124 Å². The van der Waals surface area contributed by atoms with Crippen LogP contribution < -0.4 is 5.32 Å². The molecule has 0 aromatic heterocycles. The number of hydrogen-bond donors (Lipinski definition) is 2. The number of rotatable bonds is 8. The van der Waals surface area contributed by atoms with Crippen LogP contribution in [0.2, 0.25) is 0 Å². The SMILES string of the molecule is CCCNC(CO)(CN1CCN(CC)C(C)C1)C1CC1. The zero-order chi connectivity index (χ0) is 14.6. The standard InChI is InChI=1S/C16H33N3O/c1-4-8-17-16(13-20,15-6-7-15)12-18-9-10-19(5-2)14(3)11-18/h14-15,17,20H,4-13H2,1-3H3. The lowest BCUT2D eigenvalue weighted by atomic mass is 9.92. The van der Waals surface area contributed by atoms with Gasteiger partial charge in [-0.15, -0.1) is 0 Å². The van der Waals surface area contributed by atoms with Gasteiger partial charge >= 0.3 is 0 Å². The van der Waals surface area contributed by atoms with E-state index in [0.717, 1.165) is 45.7 Å². The van der Waals surface area contributed by atoms with Crippen LogP contribution in [0.15, 0.2) is 0 Å². The molecule has 0 aromatic rings. The molecule has 0 amide bonds. The third-order valence-corrected chi connectivity index (χ3v) is 5.13. The molecule has 0 spiro atoms. The Bertz CT molecular complexity index is 295. The lowest BCUT2D eigenvalue weighted by molar-refractivity contribution is 0.0393. The predicted molar refractivity (Wildman–Crippen MR) is 84.0 cm³/mol. The summed E-state index contributed by atoms with van der Waals surface area (Å²) < 4.78 is 0. The van der Waals surface area contributed by atoms with E-state index in [1.807, 2.05) is 0 Å². The molecule has 2 unspecified atom stereocenters. The number of aliphatic hydroxyl groups is 1. The third kappa shape index (κ3) is 3.73. The van der Waals surface area contributed by atoms with Crippen molar-refractivity contribution in [2.75, 3.05) is 45.9 Å². The maximum atomic E-state index is 10.0. The number of likely N-dealkylation sites (N-methyl/N-ethyl adjacent to an activating group) is 1. The maximum absolute atomic E-state index is 10.0. The van der Waals surface area contributed by atoms with Crippen molar-refractivity contribution in [2.24, 2.45) is 5.92 Å². The second kappa shape index (κ2) is 7.21. The molecule has 20 heavy (non-hydrogen) atoms. The molecule has 0 radical (unpaired) electrons. The van der Waals surface area contributed by atoms with E-state index < -0.39 is 0 Å². The Morgan fingerprint density at radius 2 is 2.00 bits per heavy atom. The average molecular weight is 283 g/mol. The molecule has 2 fully saturated rings. The van der Waals surface area contributed by atoms with Crippen LogP contribution in [0.1, 0.15) is 40.0 Å². The summed E-state index contributed by atoms with van der Waals surface area (Å²) in [6.07, 6.45) is 3.69. The fourth-order valence-electron chi connectivity index (χ4n) is 3.66. The summed E-state index contributed by atoms with van der Waals surface area (Å²) in [6.45, 7) is 13.7. The van der Waals surface area contributed by atoms with Gasteiger partial charge in [0.1, 0.15) is 0 Å². The predicted octanol–water partition coefficient (Wildman–Crippen LogP) is 1.15. The van der Waals surface area contributed by atoms with Gasteiger partial charge in [-0.1, -0.05) is 13.8 Å². The maximum Gasteiger partial charge on any atom is 0.0628 e. The molecule has 2 aliphatic rings. The first-order valence-electron chi connectivity index (χ1n) is 8.47. The molecule has 0 bridgehead atoms. The molecule has 2 rings (SSSR count). The van der Waals surface area contributed by atoms with Gasteiger partial charge in [-0.2, -0.15) is 0 Å². The van der Waals surface area contributed by atoms with Crippen LogP contribution in [0.5, 0.6) is 0 Å². The van der Waals surface area contributed by atoms with E-state index in [9.17, 15) is 5.11 Å². The van der Waals surface area contributed by atoms with Crippen LogP contribution in [0.25, 0.3) is 0 Å². The molecule has 1 saturated carbocycles. The first-order valence-corrected chi connectivity index (χ1v) is 8.47. The van der Waals surface area contributed by atoms with E-state index in [0.29, 0.717) is 12.0 Å². The van der Waals surface area contributed by atoms with Gasteiger partial charge < -0.3 is 10.4 Å². The monoisotopic (exact) mass is 283 g/mol. The Morgan fingerprint density at radius 1 is 1.25 bits per heavy atom. The summed E-state index contributed by atoms with van der Waals surface area (Å²) in [5.74, 6) is 0.679. The first-order chi connectivity index (χ1) is 9.65. The molecule has 4 nitrogen and oxygen atoms in total. The average Bonchev–Trinajstić information content (AvgIpc) is 3.29. The molecule has 118 valence electrons. The number of hydrogen-bond acceptors (Lipinski definition) is 4. The van der Waals surface area contributed by atoms with E-state index in [-0.39, 0.29) is 12.1 Å². The highest BCUT2D eigenvalue weighted by atomic mass is 16.3. The molecule has 4 heteroatoms. The highest BCUT2D eigenvalue weighted by Gasteiger charge is 2.45. The van der Waals surface area contributed by atoms with Crippen molar-refractivity contribution >= 4 is 0 Å². The second-order valence-corrected chi connectivity index (χ2v) is 6.73. The van der Waals surface area contributed by atoms with Crippen molar-refractivity contribution in [2.45, 2.75) is 51.6 Å². The minimum absolute atomic E-state index is 0.0515. The van der Waals surface area contributed by atoms with E-state index in [2.05, 4.69) is 35.9 Å². The summed E-state index contributed by atoms with van der Waals surface area (Å²) in [4.78, 5) is 5.11. The van der Waals surface area contributed by atoms with Crippen LogP contribution >= 0.6 is 0 Å². The fourth-order valence-corrected chi connectivity index (χ4v) is 3.66. The lowest BCUT2D eigenvalue weighted by Gasteiger charge is -2.44. The third-order valence-electron chi connectivity index (χ3n) is 5.13. The summed E-state index contributed by atoms with van der Waals surface area (Å²) in [5, 5.41) is 13.7. The molecule has 2 N–H and O–H groups in total. The minimum atomic E-state index is -0.0515. The molecule has 1 saturated heterocycles. The number of nitrogens with zero attached hydrogens (tertiary/aromatic N) is 2. The van der Waals surface area contributed by atoms with Crippen LogP contribution in [0.3, 0.4) is 0 Å². The first kappa shape index (κ1) is 16.2. The Morgan fingerprint density at radius 3 is 2.50 bits per heavy atom. The van der Waals surface area contributed by atoms with Gasteiger partial charge in [0.15, 0.2) is 0 Å². The van der Waals surface area contributed by atoms with Gasteiger partial charge in [0, 0.05) is 32.2 Å². The van der Waals surface area contributed by atoms with E-state index >= 15 is 0 Å². The second-order valence-electron chi connectivity index (χ2n) is 6.73. The van der Waals surface area contributed by atoms with Gasteiger partial charge in [0.2, 0.25) is 0 Å².